The van der Waals surface area contributed by atoms with Crippen LogP contribution in [-0.4, -0.2) is 17.7 Å². The minimum Gasteiger partial charge on any atom is -0.507 e. The minimum absolute atomic E-state index is 0.0994. The molecule has 1 aromatic carbocycles. The second-order valence-corrected chi connectivity index (χ2v) is 2.60. The molecule has 0 fully saturated rings. The molecule has 0 aromatic heterocycles. The van der Waals surface area contributed by atoms with Crippen molar-refractivity contribution < 1.29 is 14.6 Å². The van der Waals surface area contributed by atoms with Gasteiger partial charge in [-0.25, -0.2) is 4.79 Å². The molecule has 0 amide bonds. The Kier molecular flexibility index (Phi) is 3.14. The van der Waals surface area contributed by atoms with Gasteiger partial charge in [0.2, 0.25) is 0 Å². The van der Waals surface area contributed by atoms with Crippen LogP contribution in [0.4, 0.5) is 0 Å². The van der Waals surface area contributed by atoms with Gasteiger partial charge in [-0.2, -0.15) is 0 Å². The number of phenolic OH excluding ortho intramolecular Hbond substituents is 1. The molecule has 0 spiro atoms. The normalized spacial score (nSPS) is 9.14. The molecular weight excluding hydrogens is 180 g/mol. The van der Waals surface area contributed by atoms with Gasteiger partial charge in [-0.15, -0.1) is 6.42 Å². The molecule has 3 heteroatoms. The van der Waals surface area contributed by atoms with Gasteiger partial charge in [-0.05, 0) is 25.1 Å². The fourth-order valence-electron chi connectivity index (χ4n) is 0.998. The minimum atomic E-state index is -0.568. The number of ether oxygens (including phenoxy) is 1. The lowest BCUT2D eigenvalue weighted by atomic mass is 10.1. The molecule has 0 atom stereocenters. The van der Waals surface area contributed by atoms with Gasteiger partial charge in [-0.1, -0.05) is 5.92 Å². The third-order valence-corrected chi connectivity index (χ3v) is 1.66. The molecule has 0 radical (unpaired) electrons. The van der Waals surface area contributed by atoms with Crippen LogP contribution in [0.2, 0.25) is 0 Å². The summed E-state index contributed by atoms with van der Waals surface area (Å²) < 4.78 is 4.74. The Bertz CT molecular complexity index is 388. The molecule has 14 heavy (non-hydrogen) atoms. The number of rotatable bonds is 2. The monoisotopic (exact) mass is 190 g/mol. The Hall–Kier alpha value is -1.95. The summed E-state index contributed by atoms with van der Waals surface area (Å²) >= 11 is 0. The third kappa shape index (κ3) is 2.05. The zero-order valence-electron chi connectivity index (χ0n) is 7.78. The molecule has 0 bridgehead atoms. The number of hydrogen-bond donors (Lipinski definition) is 1. The molecule has 1 N–H and O–H groups in total. The molecule has 0 saturated heterocycles. The van der Waals surface area contributed by atoms with Gasteiger partial charge in [0.25, 0.3) is 0 Å². The maximum Gasteiger partial charge on any atom is 0.341 e. The first-order valence-corrected chi connectivity index (χ1v) is 4.15. The first-order valence-electron chi connectivity index (χ1n) is 4.15. The van der Waals surface area contributed by atoms with Crippen LogP contribution in [0.25, 0.3) is 0 Å². The summed E-state index contributed by atoms with van der Waals surface area (Å²) in [7, 11) is 0. The van der Waals surface area contributed by atoms with Crippen molar-refractivity contribution in [3.05, 3.63) is 29.3 Å². The average molecular weight is 190 g/mol. The van der Waals surface area contributed by atoms with Crippen LogP contribution in [-0.2, 0) is 4.74 Å². The van der Waals surface area contributed by atoms with Crippen molar-refractivity contribution in [3.63, 3.8) is 0 Å². The van der Waals surface area contributed by atoms with E-state index >= 15 is 0 Å². The summed E-state index contributed by atoms with van der Waals surface area (Å²) in [5.41, 5.74) is 0.633. The summed E-state index contributed by atoms with van der Waals surface area (Å²) in [4.78, 5) is 11.3. The lowest BCUT2D eigenvalue weighted by Crippen LogP contribution is -2.05. The molecule has 0 aliphatic carbocycles. The smallest absolute Gasteiger partial charge is 0.341 e. The summed E-state index contributed by atoms with van der Waals surface area (Å²) in [5, 5.41) is 9.36. The van der Waals surface area contributed by atoms with Gasteiger partial charge < -0.3 is 9.84 Å². The van der Waals surface area contributed by atoms with E-state index < -0.39 is 5.97 Å². The van der Waals surface area contributed by atoms with Crippen LogP contribution in [0, 0.1) is 12.3 Å². The largest absolute Gasteiger partial charge is 0.507 e. The van der Waals surface area contributed by atoms with Crippen molar-refractivity contribution in [2.24, 2.45) is 0 Å². The molecule has 0 heterocycles. The van der Waals surface area contributed by atoms with Crippen molar-refractivity contribution in [1.82, 2.24) is 0 Å². The molecule has 0 unspecified atom stereocenters. The number of hydrogen-bond acceptors (Lipinski definition) is 3. The van der Waals surface area contributed by atoms with E-state index in [0.29, 0.717) is 5.56 Å². The highest BCUT2D eigenvalue weighted by molar-refractivity contribution is 5.92. The molecule has 3 nitrogen and oxygen atoms in total. The van der Waals surface area contributed by atoms with Crippen LogP contribution in [0.15, 0.2) is 18.2 Å². The Balaban J connectivity index is 3.07. The van der Waals surface area contributed by atoms with E-state index in [1.54, 1.807) is 13.0 Å². The first kappa shape index (κ1) is 10.1. The van der Waals surface area contributed by atoms with Gasteiger partial charge in [-0.3, -0.25) is 0 Å². The number of carbonyl (C=O) groups is 1. The number of phenols is 1. The standard InChI is InChI=1S/C11H10O3/c1-3-8-5-6-10(12)9(7-8)11(13)14-4-2/h1,5-7,12H,4H2,2H3. The number of esters is 1. The molecule has 72 valence electrons. The Labute approximate surface area is 82.3 Å². The second-order valence-electron chi connectivity index (χ2n) is 2.60. The van der Waals surface area contributed by atoms with Crippen LogP contribution < -0.4 is 0 Å². The van der Waals surface area contributed by atoms with E-state index in [1.807, 2.05) is 0 Å². The van der Waals surface area contributed by atoms with Crippen LogP contribution in [0.5, 0.6) is 5.75 Å². The highest BCUT2D eigenvalue weighted by Gasteiger charge is 2.11. The van der Waals surface area contributed by atoms with E-state index in [0.717, 1.165) is 0 Å². The van der Waals surface area contributed by atoms with Crippen molar-refractivity contribution >= 4 is 5.97 Å². The Morgan fingerprint density at radius 3 is 2.93 bits per heavy atom. The van der Waals surface area contributed by atoms with Crippen molar-refractivity contribution in [2.45, 2.75) is 6.92 Å². The lowest BCUT2D eigenvalue weighted by Gasteiger charge is -2.04. The Morgan fingerprint density at radius 1 is 1.64 bits per heavy atom. The van der Waals surface area contributed by atoms with Crippen molar-refractivity contribution in [3.8, 4) is 18.1 Å². The summed E-state index contributed by atoms with van der Waals surface area (Å²) in [6.45, 7) is 1.96. The third-order valence-electron chi connectivity index (χ3n) is 1.66. The maximum atomic E-state index is 11.3. The van der Waals surface area contributed by atoms with E-state index in [9.17, 15) is 9.90 Å². The average Bonchev–Trinajstić information content (AvgIpc) is 2.19. The van der Waals surface area contributed by atoms with E-state index in [-0.39, 0.29) is 17.9 Å². The molecule has 0 aliphatic heterocycles. The number of benzene rings is 1. The fraction of sp³-hybridized carbons (Fsp3) is 0.182. The van der Waals surface area contributed by atoms with Gasteiger partial charge in [0, 0.05) is 5.56 Å². The number of aromatic hydroxyl groups is 1. The molecular formula is C11H10O3. The fourth-order valence-corrected chi connectivity index (χ4v) is 0.998. The van der Waals surface area contributed by atoms with Gasteiger partial charge in [0.05, 0.1) is 6.61 Å². The zero-order chi connectivity index (χ0) is 10.6. The lowest BCUT2D eigenvalue weighted by molar-refractivity contribution is 0.0523. The molecule has 0 saturated carbocycles. The van der Waals surface area contributed by atoms with Gasteiger partial charge in [0.15, 0.2) is 0 Å². The zero-order valence-corrected chi connectivity index (χ0v) is 7.78. The van der Waals surface area contributed by atoms with Gasteiger partial charge in [0.1, 0.15) is 11.3 Å². The number of terminal acetylenes is 1. The summed E-state index contributed by atoms with van der Waals surface area (Å²) in [5.74, 6) is 1.68. The summed E-state index contributed by atoms with van der Waals surface area (Å²) in [6.07, 6.45) is 5.16. The maximum absolute atomic E-state index is 11.3. The van der Waals surface area contributed by atoms with E-state index in [2.05, 4.69) is 5.92 Å². The van der Waals surface area contributed by atoms with Crippen LogP contribution in [0.1, 0.15) is 22.8 Å². The van der Waals surface area contributed by atoms with Crippen molar-refractivity contribution in [2.75, 3.05) is 6.61 Å². The predicted octanol–water partition coefficient (Wildman–Crippen LogP) is 1.55. The van der Waals surface area contributed by atoms with Crippen LogP contribution in [0.3, 0.4) is 0 Å². The van der Waals surface area contributed by atoms with Crippen molar-refractivity contribution in [1.29, 1.82) is 0 Å². The second kappa shape index (κ2) is 4.33. The highest BCUT2D eigenvalue weighted by Crippen LogP contribution is 2.18. The SMILES string of the molecule is C#Cc1ccc(O)c(C(=O)OCC)c1. The summed E-state index contributed by atoms with van der Waals surface area (Å²) in [6, 6.07) is 4.35. The topological polar surface area (TPSA) is 46.5 Å². The quantitative estimate of drug-likeness (QED) is 0.568. The molecule has 1 aromatic rings. The highest BCUT2D eigenvalue weighted by atomic mass is 16.5. The van der Waals surface area contributed by atoms with E-state index in [4.69, 9.17) is 11.2 Å². The Morgan fingerprint density at radius 2 is 2.36 bits per heavy atom. The van der Waals surface area contributed by atoms with Crippen LogP contribution >= 0.6 is 0 Å². The molecule has 1 rings (SSSR count). The number of carbonyl (C=O) groups excluding carboxylic acids is 1. The molecule has 0 aliphatic rings. The predicted molar refractivity (Wildman–Crippen MR) is 52.0 cm³/mol. The van der Waals surface area contributed by atoms with E-state index in [1.165, 1.54) is 12.1 Å². The first-order chi connectivity index (χ1) is 6.69. The van der Waals surface area contributed by atoms with Gasteiger partial charge >= 0.3 is 5.97 Å².